The van der Waals surface area contributed by atoms with Crippen LogP contribution in [0.25, 0.3) is 34.2 Å². The fourth-order valence-electron chi connectivity index (χ4n) is 5.17. The van der Waals surface area contributed by atoms with E-state index in [2.05, 4.69) is 13.8 Å². The molecule has 0 saturated carbocycles. The number of hydrogen-bond acceptors (Lipinski definition) is 7. The van der Waals surface area contributed by atoms with Gasteiger partial charge < -0.3 is 19.7 Å². The lowest BCUT2D eigenvalue weighted by molar-refractivity contribution is 0.302. The van der Waals surface area contributed by atoms with Crippen molar-refractivity contribution in [1.29, 1.82) is 0 Å². The molecule has 0 radical (unpaired) electrons. The predicted octanol–water partition coefficient (Wildman–Crippen LogP) is 10.1. The summed E-state index contributed by atoms with van der Waals surface area (Å²) in [5, 5.41) is 22.0. The van der Waals surface area contributed by atoms with Gasteiger partial charge in [-0.25, -0.2) is 15.0 Å². The van der Waals surface area contributed by atoms with Gasteiger partial charge >= 0.3 is 0 Å². The number of aromatic nitrogens is 3. The second kappa shape index (κ2) is 18.0. The molecule has 0 fully saturated rings. The number of rotatable bonds is 19. The molecule has 0 amide bonds. The quantitative estimate of drug-likeness (QED) is 0.102. The van der Waals surface area contributed by atoms with Crippen molar-refractivity contribution >= 4 is 0 Å². The standard InChI is InChI=1S/C38H49N3O4/c1-4-6-8-10-12-14-24-44-30-20-22-32(34(42)26-30)37-39-36(29-18-16-28(3)17-19-29)40-38(41-37)33-23-21-31(27-35(33)43)45-25-15-13-11-9-7-5-2/h16-23,26-27,42-43H,4-15,24-25H2,1-3H3. The molecule has 7 heteroatoms. The molecule has 4 rings (SSSR count). The third kappa shape index (κ3) is 10.5. The fraction of sp³-hybridized carbons (Fsp3) is 0.447. The van der Waals surface area contributed by atoms with Crippen molar-refractivity contribution in [2.24, 2.45) is 0 Å². The monoisotopic (exact) mass is 611 g/mol. The van der Waals surface area contributed by atoms with Crippen molar-refractivity contribution in [3.8, 4) is 57.2 Å². The first-order valence-electron chi connectivity index (χ1n) is 16.7. The minimum Gasteiger partial charge on any atom is -0.507 e. The number of aryl methyl sites for hydroxylation is 1. The van der Waals surface area contributed by atoms with Gasteiger partial charge in [0.15, 0.2) is 17.5 Å². The molecule has 2 N–H and O–H groups in total. The van der Waals surface area contributed by atoms with Gasteiger partial charge in [0.1, 0.15) is 23.0 Å². The Morgan fingerprint density at radius 1 is 0.511 bits per heavy atom. The van der Waals surface area contributed by atoms with Crippen LogP contribution in [0.1, 0.15) is 96.5 Å². The van der Waals surface area contributed by atoms with E-state index in [1.807, 2.05) is 43.3 Å². The largest absolute Gasteiger partial charge is 0.507 e. The number of ether oxygens (including phenoxy) is 2. The normalized spacial score (nSPS) is 11.1. The van der Waals surface area contributed by atoms with E-state index < -0.39 is 0 Å². The molecule has 0 aliphatic rings. The van der Waals surface area contributed by atoms with Gasteiger partial charge in [-0.2, -0.15) is 0 Å². The van der Waals surface area contributed by atoms with Gasteiger partial charge in [-0.15, -0.1) is 0 Å². The van der Waals surface area contributed by atoms with E-state index in [0.29, 0.717) is 53.3 Å². The van der Waals surface area contributed by atoms with Crippen molar-refractivity contribution < 1.29 is 19.7 Å². The van der Waals surface area contributed by atoms with E-state index in [0.717, 1.165) is 36.8 Å². The van der Waals surface area contributed by atoms with E-state index in [9.17, 15) is 10.2 Å². The van der Waals surface area contributed by atoms with Crippen LogP contribution in [0.2, 0.25) is 0 Å². The Morgan fingerprint density at radius 3 is 1.38 bits per heavy atom. The minimum absolute atomic E-state index is 0.0186. The third-order valence-corrected chi connectivity index (χ3v) is 7.90. The first-order chi connectivity index (χ1) is 22.0. The summed E-state index contributed by atoms with van der Waals surface area (Å²) in [7, 11) is 0. The van der Waals surface area contributed by atoms with Crippen LogP contribution in [0.5, 0.6) is 23.0 Å². The Morgan fingerprint density at radius 2 is 0.933 bits per heavy atom. The van der Waals surface area contributed by atoms with Crippen LogP contribution in [-0.4, -0.2) is 38.4 Å². The zero-order valence-electron chi connectivity index (χ0n) is 27.2. The second-order valence-electron chi connectivity index (χ2n) is 11.8. The second-order valence-corrected chi connectivity index (χ2v) is 11.8. The van der Waals surface area contributed by atoms with E-state index in [4.69, 9.17) is 24.4 Å². The summed E-state index contributed by atoms with van der Waals surface area (Å²) in [4.78, 5) is 14.1. The highest BCUT2D eigenvalue weighted by molar-refractivity contribution is 5.72. The molecule has 3 aromatic carbocycles. The number of benzene rings is 3. The number of nitrogens with zero attached hydrogens (tertiary/aromatic N) is 3. The highest BCUT2D eigenvalue weighted by atomic mass is 16.5. The lowest BCUT2D eigenvalue weighted by atomic mass is 10.1. The summed E-state index contributed by atoms with van der Waals surface area (Å²) >= 11 is 0. The van der Waals surface area contributed by atoms with Gasteiger partial charge in [0.2, 0.25) is 0 Å². The van der Waals surface area contributed by atoms with Crippen LogP contribution in [0.3, 0.4) is 0 Å². The summed E-state index contributed by atoms with van der Waals surface area (Å²) in [6.45, 7) is 7.67. The Bertz CT molecular complexity index is 1390. The number of phenolic OH excluding ortho intramolecular Hbond substituents is 2. The van der Waals surface area contributed by atoms with Gasteiger partial charge in [-0.1, -0.05) is 108 Å². The molecule has 7 nitrogen and oxygen atoms in total. The molecule has 240 valence electrons. The molecule has 1 heterocycles. The number of hydrogen-bond donors (Lipinski definition) is 2. The van der Waals surface area contributed by atoms with Gasteiger partial charge in [-0.3, -0.25) is 0 Å². The van der Waals surface area contributed by atoms with Crippen LogP contribution in [0.15, 0.2) is 60.7 Å². The molecule has 0 aliphatic heterocycles. The van der Waals surface area contributed by atoms with Crippen LogP contribution in [-0.2, 0) is 0 Å². The lowest BCUT2D eigenvalue weighted by Crippen LogP contribution is -2.02. The Kier molecular flexibility index (Phi) is 13.5. The number of phenols is 2. The van der Waals surface area contributed by atoms with Crippen molar-refractivity contribution in [3.63, 3.8) is 0 Å². The highest BCUT2D eigenvalue weighted by Gasteiger charge is 2.17. The topological polar surface area (TPSA) is 97.6 Å². The van der Waals surface area contributed by atoms with Crippen LogP contribution < -0.4 is 9.47 Å². The zero-order valence-corrected chi connectivity index (χ0v) is 27.2. The summed E-state index contributed by atoms with van der Waals surface area (Å²) in [6.07, 6.45) is 14.2. The van der Waals surface area contributed by atoms with Crippen molar-refractivity contribution in [3.05, 3.63) is 66.2 Å². The zero-order chi connectivity index (χ0) is 31.9. The molecule has 0 atom stereocenters. The van der Waals surface area contributed by atoms with E-state index >= 15 is 0 Å². The maximum absolute atomic E-state index is 11.0. The first kappa shape index (κ1) is 33.8. The molecule has 4 aromatic rings. The van der Waals surface area contributed by atoms with Crippen molar-refractivity contribution in [1.82, 2.24) is 15.0 Å². The molecule has 1 aromatic heterocycles. The SMILES string of the molecule is CCCCCCCCOc1ccc(-c2nc(-c3ccc(C)cc3)nc(-c3ccc(OCCCCCCCC)cc3O)n2)c(O)c1. The maximum atomic E-state index is 11.0. The Labute approximate surface area is 268 Å². The van der Waals surface area contributed by atoms with Crippen LogP contribution in [0.4, 0.5) is 0 Å². The Balaban J connectivity index is 1.53. The molecular weight excluding hydrogens is 562 g/mol. The number of aromatic hydroxyl groups is 2. The van der Waals surface area contributed by atoms with Gasteiger partial charge in [0.05, 0.1) is 24.3 Å². The fourth-order valence-corrected chi connectivity index (χ4v) is 5.17. The van der Waals surface area contributed by atoms with Crippen molar-refractivity contribution in [2.75, 3.05) is 13.2 Å². The first-order valence-corrected chi connectivity index (χ1v) is 16.7. The number of unbranched alkanes of at least 4 members (excludes halogenated alkanes) is 10. The summed E-state index contributed by atoms with van der Waals surface area (Å²) in [5.41, 5.74) is 2.84. The van der Waals surface area contributed by atoms with Crippen molar-refractivity contribution in [2.45, 2.75) is 97.8 Å². The molecule has 45 heavy (non-hydrogen) atoms. The minimum atomic E-state index is 0.0186. The van der Waals surface area contributed by atoms with Crippen LogP contribution in [0, 0.1) is 6.92 Å². The summed E-state index contributed by atoms with van der Waals surface area (Å²) in [5.74, 6) is 2.30. The Hall–Kier alpha value is -4.13. The maximum Gasteiger partial charge on any atom is 0.167 e. The third-order valence-electron chi connectivity index (χ3n) is 7.90. The summed E-state index contributed by atoms with van der Waals surface area (Å²) < 4.78 is 11.8. The molecule has 0 spiro atoms. The lowest BCUT2D eigenvalue weighted by Gasteiger charge is -2.12. The van der Waals surface area contributed by atoms with Crippen LogP contribution >= 0.6 is 0 Å². The molecule has 0 aliphatic carbocycles. The van der Waals surface area contributed by atoms with E-state index in [-0.39, 0.29) is 11.5 Å². The average molecular weight is 612 g/mol. The average Bonchev–Trinajstić information content (AvgIpc) is 3.04. The van der Waals surface area contributed by atoms with Gasteiger partial charge in [0, 0.05) is 17.7 Å². The molecule has 0 unspecified atom stereocenters. The van der Waals surface area contributed by atoms with Gasteiger partial charge in [0.25, 0.3) is 0 Å². The highest BCUT2D eigenvalue weighted by Crippen LogP contribution is 2.35. The molecule has 0 bridgehead atoms. The molecule has 0 saturated heterocycles. The smallest absolute Gasteiger partial charge is 0.167 e. The molecular formula is C38H49N3O4. The predicted molar refractivity (Wildman–Crippen MR) is 182 cm³/mol. The van der Waals surface area contributed by atoms with E-state index in [1.54, 1.807) is 24.3 Å². The van der Waals surface area contributed by atoms with Gasteiger partial charge in [-0.05, 0) is 44.0 Å². The summed E-state index contributed by atoms with van der Waals surface area (Å²) in [6, 6.07) is 18.3. The van der Waals surface area contributed by atoms with E-state index in [1.165, 1.54) is 51.4 Å².